The van der Waals surface area contributed by atoms with Crippen molar-refractivity contribution in [2.45, 2.75) is 53.0 Å². The highest BCUT2D eigenvalue weighted by Gasteiger charge is 2.17. The Balaban J connectivity index is 0.00000441. The first-order valence-electron chi connectivity index (χ1n) is 7.90. The molecule has 0 spiro atoms. The van der Waals surface area contributed by atoms with Crippen LogP contribution in [0.3, 0.4) is 0 Å². The van der Waals surface area contributed by atoms with E-state index in [1.807, 2.05) is 31.0 Å². The second kappa shape index (κ2) is 10.9. The molecule has 128 valence electrons. The van der Waals surface area contributed by atoms with E-state index < -0.39 is 0 Å². The first kappa shape index (κ1) is 21.2. The fourth-order valence-corrected chi connectivity index (χ4v) is 2.23. The molecule has 1 heterocycles. The van der Waals surface area contributed by atoms with Crippen LogP contribution in [0.15, 0.2) is 17.3 Å². The quantitative estimate of drug-likeness (QED) is 0.293. The predicted octanol–water partition coefficient (Wildman–Crippen LogP) is 3.31. The molecule has 0 aliphatic carbocycles. The maximum atomic E-state index is 4.28. The van der Waals surface area contributed by atoms with Crippen molar-refractivity contribution in [3.63, 3.8) is 0 Å². The predicted molar refractivity (Wildman–Crippen MR) is 105 cm³/mol. The SMILES string of the molecule is CCCCCC(C)(C)CNC(=NC)NCc1ccnn1C.I. The van der Waals surface area contributed by atoms with Gasteiger partial charge in [-0.15, -0.1) is 24.0 Å². The molecule has 0 saturated carbocycles. The van der Waals surface area contributed by atoms with Crippen LogP contribution in [0, 0.1) is 5.41 Å². The van der Waals surface area contributed by atoms with E-state index in [0.717, 1.165) is 24.7 Å². The molecule has 0 fully saturated rings. The molecular weight excluding hydrogens is 389 g/mol. The molecule has 0 aromatic carbocycles. The summed E-state index contributed by atoms with van der Waals surface area (Å²) in [6.45, 7) is 8.53. The van der Waals surface area contributed by atoms with E-state index in [1.165, 1.54) is 25.7 Å². The summed E-state index contributed by atoms with van der Waals surface area (Å²) >= 11 is 0. The third-order valence-corrected chi connectivity index (χ3v) is 3.77. The summed E-state index contributed by atoms with van der Waals surface area (Å²) in [5.41, 5.74) is 1.43. The maximum absolute atomic E-state index is 4.28. The van der Waals surface area contributed by atoms with Crippen molar-refractivity contribution in [2.75, 3.05) is 13.6 Å². The van der Waals surface area contributed by atoms with Crippen LogP contribution >= 0.6 is 24.0 Å². The number of nitrogens with one attached hydrogen (secondary N) is 2. The minimum atomic E-state index is 0. The van der Waals surface area contributed by atoms with E-state index in [0.29, 0.717) is 5.41 Å². The molecule has 1 aromatic rings. The van der Waals surface area contributed by atoms with Gasteiger partial charge in [0.1, 0.15) is 0 Å². The van der Waals surface area contributed by atoms with Crippen molar-refractivity contribution in [2.24, 2.45) is 17.5 Å². The zero-order chi connectivity index (χ0) is 15.7. The summed E-state index contributed by atoms with van der Waals surface area (Å²) in [5.74, 6) is 0.847. The zero-order valence-corrected chi connectivity index (χ0v) is 17.0. The molecule has 0 unspecified atom stereocenters. The van der Waals surface area contributed by atoms with E-state index >= 15 is 0 Å². The molecule has 2 N–H and O–H groups in total. The molecular formula is C16H32IN5. The highest BCUT2D eigenvalue weighted by Crippen LogP contribution is 2.22. The van der Waals surface area contributed by atoms with Gasteiger partial charge < -0.3 is 10.6 Å². The van der Waals surface area contributed by atoms with Crippen LogP contribution in [0.4, 0.5) is 0 Å². The van der Waals surface area contributed by atoms with Crippen molar-refractivity contribution < 1.29 is 0 Å². The molecule has 0 aliphatic heterocycles. The molecule has 0 amide bonds. The molecule has 1 rings (SSSR count). The van der Waals surface area contributed by atoms with Crippen molar-refractivity contribution >= 4 is 29.9 Å². The van der Waals surface area contributed by atoms with E-state index in [1.54, 1.807) is 0 Å². The van der Waals surface area contributed by atoms with E-state index in [-0.39, 0.29) is 24.0 Å². The number of aryl methyl sites for hydroxylation is 1. The number of rotatable bonds is 8. The van der Waals surface area contributed by atoms with Gasteiger partial charge in [-0.1, -0.05) is 40.0 Å². The standard InChI is InChI=1S/C16H31N5.HI/c1-6-7-8-10-16(2,3)13-19-15(17-4)18-12-14-9-11-20-21(14)5;/h9,11H,6-8,10,12-13H2,1-5H3,(H2,17,18,19);1H. The van der Waals surface area contributed by atoms with Crippen LogP contribution in [0.25, 0.3) is 0 Å². The maximum Gasteiger partial charge on any atom is 0.191 e. The van der Waals surface area contributed by atoms with Gasteiger partial charge in [0, 0.05) is 26.8 Å². The van der Waals surface area contributed by atoms with Crippen molar-refractivity contribution in [3.8, 4) is 0 Å². The number of aromatic nitrogens is 2. The van der Waals surface area contributed by atoms with Crippen LogP contribution in [-0.2, 0) is 13.6 Å². The fourth-order valence-electron chi connectivity index (χ4n) is 2.23. The summed E-state index contributed by atoms with van der Waals surface area (Å²) in [4.78, 5) is 4.28. The van der Waals surface area contributed by atoms with Gasteiger partial charge in [-0.3, -0.25) is 9.67 Å². The van der Waals surface area contributed by atoms with Crippen LogP contribution in [0.1, 0.15) is 52.1 Å². The van der Waals surface area contributed by atoms with E-state index in [4.69, 9.17) is 0 Å². The van der Waals surface area contributed by atoms with Gasteiger partial charge in [0.05, 0.1) is 12.2 Å². The third kappa shape index (κ3) is 8.00. The van der Waals surface area contributed by atoms with Crippen molar-refractivity contribution in [3.05, 3.63) is 18.0 Å². The smallest absolute Gasteiger partial charge is 0.191 e. The molecule has 0 atom stereocenters. The molecule has 1 aromatic heterocycles. The second-order valence-electron chi connectivity index (χ2n) is 6.35. The highest BCUT2D eigenvalue weighted by molar-refractivity contribution is 14.0. The Morgan fingerprint density at radius 2 is 2.05 bits per heavy atom. The average Bonchev–Trinajstić information content (AvgIpc) is 2.85. The average molecular weight is 421 g/mol. The number of hydrogen-bond acceptors (Lipinski definition) is 2. The Hall–Kier alpha value is -0.790. The first-order valence-corrected chi connectivity index (χ1v) is 7.90. The zero-order valence-electron chi connectivity index (χ0n) is 14.6. The minimum Gasteiger partial charge on any atom is -0.356 e. The molecule has 0 saturated heterocycles. The minimum absolute atomic E-state index is 0. The Morgan fingerprint density at radius 1 is 1.32 bits per heavy atom. The lowest BCUT2D eigenvalue weighted by Gasteiger charge is -2.26. The highest BCUT2D eigenvalue weighted by atomic mass is 127. The van der Waals surface area contributed by atoms with Gasteiger partial charge in [-0.05, 0) is 17.9 Å². The number of halogens is 1. The van der Waals surface area contributed by atoms with Crippen LogP contribution < -0.4 is 10.6 Å². The van der Waals surface area contributed by atoms with Gasteiger partial charge >= 0.3 is 0 Å². The fraction of sp³-hybridized carbons (Fsp3) is 0.750. The van der Waals surface area contributed by atoms with Gasteiger partial charge in [0.25, 0.3) is 0 Å². The lowest BCUT2D eigenvalue weighted by Crippen LogP contribution is -2.42. The topological polar surface area (TPSA) is 54.2 Å². The summed E-state index contributed by atoms with van der Waals surface area (Å²) in [5, 5.41) is 10.9. The number of nitrogens with zero attached hydrogens (tertiary/aromatic N) is 3. The number of guanidine groups is 1. The normalized spacial score (nSPS) is 12.0. The van der Waals surface area contributed by atoms with E-state index in [9.17, 15) is 0 Å². The third-order valence-electron chi connectivity index (χ3n) is 3.77. The summed E-state index contributed by atoms with van der Waals surface area (Å²) in [7, 11) is 3.76. The Morgan fingerprint density at radius 3 is 2.59 bits per heavy atom. The van der Waals surface area contributed by atoms with Gasteiger partial charge in [-0.25, -0.2) is 0 Å². The summed E-state index contributed by atoms with van der Waals surface area (Å²) in [6, 6.07) is 2.01. The monoisotopic (exact) mass is 421 g/mol. The Labute approximate surface area is 152 Å². The summed E-state index contributed by atoms with van der Waals surface area (Å²) < 4.78 is 1.87. The van der Waals surface area contributed by atoms with Crippen molar-refractivity contribution in [1.82, 2.24) is 20.4 Å². The van der Waals surface area contributed by atoms with Crippen LogP contribution in [0.5, 0.6) is 0 Å². The van der Waals surface area contributed by atoms with E-state index in [2.05, 4.69) is 41.5 Å². The lowest BCUT2D eigenvalue weighted by molar-refractivity contribution is 0.318. The van der Waals surface area contributed by atoms with Gasteiger partial charge in [-0.2, -0.15) is 5.10 Å². The molecule has 6 heteroatoms. The van der Waals surface area contributed by atoms with Crippen LogP contribution in [-0.4, -0.2) is 29.3 Å². The van der Waals surface area contributed by atoms with Crippen molar-refractivity contribution in [1.29, 1.82) is 0 Å². The number of aliphatic imine (C=N–C) groups is 1. The first-order chi connectivity index (χ1) is 9.98. The molecule has 0 radical (unpaired) electrons. The lowest BCUT2D eigenvalue weighted by atomic mass is 9.87. The van der Waals surface area contributed by atoms with Gasteiger partial charge in [0.2, 0.25) is 0 Å². The Kier molecular flexibility index (Phi) is 10.5. The molecule has 0 aliphatic rings. The van der Waals surface area contributed by atoms with Gasteiger partial charge in [0.15, 0.2) is 5.96 Å². The largest absolute Gasteiger partial charge is 0.356 e. The Bertz CT molecular complexity index is 439. The molecule has 22 heavy (non-hydrogen) atoms. The molecule has 5 nitrogen and oxygen atoms in total. The summed E-state index contributed by atoms with van der Waals surface area (Å²) in [6.07, 6.45) is 6.94. The van der Waals surface area contributed by atoms with Crippen LogP contribution in [0.2, 0.25) is 0 Å². The molecule has 0 bridgehead atoms. The number of unbranched alkanes of at least 4 members (excludes halogenated alkanes) is 2. The number of hydrogen-bond donors (Lipinski definition) is 2. The second-order valence-corrected chi connectivity index (χ2v) is 6.35.